The summed E-state index contributed by atoms with van der Waals surface area (Å²) in [4.78, 5) is 28.9. The fourth-order valence-electron chi connectivity index (χ4n) is 2.73. The van der Waals surface area contributed by atoms with E-state index < -0.39 is 4.92 Å². The van der Waals surface area contributed by atoms with Crippen LogP contribution in [0.2, 0.25) is 0 Å². The molecule has 0 aliphatic heterocycles. The minimum atomic E-state index is -0.509. The Kier molecular flexibility index (Phi) is 5.35. The van der Waals surface area contributed by atoms with Crippen LogP contribution in [0.3, 0.4) is 0 Å². The van der Waals surface area contributed by atoms with Crippen molar-refractivity contribution in [2.75, 3.05) is 14.2 Å². The minimum Gasteiger partial charge on any atom is -0.497 e. The molecule has 1 heterocycles. The summed E-state index contributed by atoms with van der Waals surface area (Å²) in [5.74, 6) is 0.914. The smallest absolute Gasteiger partial charge is 0.273 e. The van der Waals surface area contributed by atoms with Gasteiger partial charge in [0.1, 0.15) is 5.75 Å². The van der Waals surface area contributed by atoms with Crippen molar-refractivity contribution in [1.29, 1.82) is 0 Å². The average Bonchev–Trinajstić information content (AvgIpc) is 3.16. The fraction of sp³-hybridized carbons (Fsp3) is 0.211. The Labute approximate surface area is 160 Å². The lowest BCUT2D eigenvalue weighted by Crippen LogP contribution is -2.27. The molecular weight excluding hydrogens is 364 g/mol. The molecule has 1 amide bonds. The molecule has 9 heteroatoms. The molecule has 3 rings (SSSR count). The third-order valence-corrected chi connectivity index (χ3v) is 4.25. The molecule has 3 aromatic rings. The molecule has 28 heavy (non-hydrogen) atoms. The molecule has 2 aromatic carbocycles. The zero-order valence-electron chi connectivity index (χ0n) is 15.6. The maximum Gasteiger partial charge on any atom is 0.273 e. The highest BCUT2D eigenvalue weighted by Gasteiger charge is 2.22. The van der Waals surface area contributed by atoms with Gasteiger partial charge in [-0.25, -0.2) is 0 Å². The van der Waals surface area contributed by atoms with Crippen molar-refractivity contribution in [2.45, 2.75) is 13.5 Å². The van der Waals surface area contributed by atoms with Gasteiger partial charge in [-0.1, -0.05) is 23.4 Å². The van der Waals surface area contributed by atoms with Gasteiger partial charge in [-0.2, -0.15) is 4.98 Å². The van der Waals surface area contributed by atoms with Gasteiger partial charge in [-0.3, -0.25) is 14.9 Å². The van der Waals surface area contributed by atoms with E-state index in [1.807, 2.05) is 12.1 Å². The van der Waals surface area contributed by atoms with E-state index >= 15 is 0 Å². The molecule has 0 radical (unpaired) electrons. The first-order valence-corrected chi connectivity index (χ1v) is 8.37. The maximum absolute atomic E-state index is 12.7. The summed E-state index contributed by atoms with van der Waals surface area (Å²) in [7, 11) is 3.13. The van der Waals surface area contributed by atoms with Crippen LogP contribution in [0, 0.1) is 17.0 Å². The van der Waals surface area contributed by atoms with Crippen molar-refractivity contribution in [3.8, 4) is 17.1 Å². The minimum absolute atomic E-state index is 0.0674. The van der Waals surface area contributed by atoms with Gasteiger partial charge >= 0.3 is 0 Å². The molecular formula is C19H18N4O5. The predicted octanol–water partition coefficient (Wildman–Crippen LogP) is 3.23. The number of carbonyl (C=O) groups is 1. The number of nitro groups is 1. The lowest BCUT2D eigenvalue weighted by atomic mass is 10.1. The number of methoxy groups -OCH3 is 1. The zero-order chi connectivity index (χ0) is 20.3. The SMILES string of the molecule is COc1cccc(-c2noc(CN(C)C(=O)c3cccc([N+](=O)[O-])c3C)n2)c1. The molecule has 0 N–H and O–H groups in total. The number of carbonyl (C=O) groups excluding carboxylic acids is 1. The molecule has 0 fully saturated rings. The number of ether oxygens (including phenoxy) is 1. The van der Waals surface area contributed by atoms with E-state index in [1.54, 1.807) is 39.3 Å². The summed E-state index contributed by atoms with van der Waals surface area (Å²) < 4.78 is 10.4. The summed E-state index contributed by atoms with van der Waals surface area (Å²) >= 11 is 0. The Morgan fingerprint density at radius 1 is 1.29 bits per heavy atom. The number of hydrogen-bond donors (Lipinski definition) is 0. The van der Waals surface area contributed by atoms with Crippen LogP contribution >= 0.6 is 0 Å². The monoisotopic (exact) mass is 382 g/mol. The van der Waals surface area contributed by atoms with Crippen LogP contribution in [0.1, 0.15) is 21.8 Å². The molecule has 0 saturated heterocycles. The molecule has 0 unspecified atom stereocenters. The molecule has 0 aliphatic carbocycles. The van der Waals surface area contributed by atoms with E-state index in [4.69, 9.17) is 9.26 Å². The van der Waals surface area contributed by atoms with E-state index in [0.717, 1.165) is 5.56 Å². The fourth-order valence-corrected chi connectivity index (χ4v) is 2.73. The Hall–Kier alpha value is -3.75. The summed E-state index contributed by atoms with van der Waals surface area (Å²) in [6.07, 6.45) is 0. The summed E-state index contributed by atoms with van der Waals surface area (Å²) in [5, 5.41) is 15.0. The van der Waals surface area contributed by atoms with E-state index in [0.29, 0.717) is 17.1 Å². The first kappa shape index (κ1) is 19.0. The first-order valence-electron chi connectivity index (χ1n) is 8.37. The average molecular weight is 382 g/mol. The molecule has 0 bridgehead atoms. The van der Waals surface area contributed by atoms with E-state index in [2.05, 4.69) is 10.1 Å². The van der Waals surface area contributed by atoms with Gasteiger partial charge in [-0.05, 0) is 25.1 Å². The third-order valence-electron chi connectivity index (χ3n) is 4.25. The van der Waals surface area contributed by atoms with Crippen LogP contribution in [0.25, 0.3) is 11.4 Å². The van der Waals surface area contributed by atoms with Crippen LogP contribution in [0.15, 0.2) is 47.0 Å². The van der Waals surface area contributed by atoms with E-state index in [-0.39, 0.29) is 29.6 Å². The lowest BCUT2D eigenvalue weighted by molar-refractivity contribution is -0.385. The molecule has 0 aliphatic rings. The first-order chi connectivity index (χ1) is 13.4. The highest BCUT2D eigenvalue weighted by atomic mass is 16.6. The van der Waals surface area contributed by atoms with E-state index in [9.17, 15) is 14.9 Å². The topological polar surface area (TPSA) is 112 Å². The highest BCUT2D eigenvalue weighted by molar-refractivity contribution is 5.96. The number of nitrogens with zero attached hydrogens (tertiary/aromatic N) is 4. The standard InChI is InChI=1S/C19H18N4O5/c1-12-15(8-5-9-16(12)23(25)26)19(24)22(2)11-17-20-18(21-28-17)13-6-4-7-14(10-13)27-3/h4-10H,11H2,1-3H3. The predicted molar refractivity (Wildman–Crippen MR) is 99.9 cm³/mol. The molecule has 0 saturated carbocycles. The summed E-state index contributed by atoms with van der Waals surface area (Å²) in [6, 6.07) is 11.6. The van der Waals surface area contributed by atoms with Crippen LogP contribution in [-0.4, -0.2) is 40.0 Å². The van der Waals surface area contributed by atoms with Gasteiger partial charge in [0.15, 0.2) is 0 Å². The number of hydrogen-bond acceptors (Lipinski definition) is 7. The molecule has 144 valence electrons. The van der Waals surface area contributed by atoms with Crippen LogP contribution in [0.4, 0.5) is 5.69 Å². The summed E-state index contributed by atoms with van der Waals surface area (Å²) in [5.41, 5.74) is 1.19. The Balaban J connectivity index is 1.78. The maximum atomic E-state index is 12.7. The Morgan fingerprint density at radius 2 is 2.04 bits per heavy atom. The van der Waals surface area contributed by atoms with Gasteiger partial charge in [0.05, 0.1) is 18.6 Å². The number of nitro benzene ring substituents is 1. The Morgan fingerprint density at radius 3 is 2.75 bits per heavy atom. The molecule has 0 spiro atoms. The van der Waals surface area contributed by atoms with Gasteiger partial charge < -0.3 is 14.2 Å². The quantitative estimate of drug-likeness (QED) is 0.475. The van der Waals surface area contributed by atoms with E-state index in [1.165, 1.54) is 17.0 Å². The largest absolute Gasteiger partial charge is 0.497 e. The van der Waals surface area contributed by atoms with Gasteiger partial charge in [0.2, 0.25) is 11.7 Å². The molecule has 0 atom stereocenters. The second kappa shape index (κ2) is 7.87. The van der Waals surface area contributed by atoms with Crippen molar-refractivity contribution in [1.82, 2.24) is 15.0 Å². The van der Waals surface area contributed by atoms with Crippen molar-refractivity contribution in [3.63, 3.8) is 0 Å². The van der Waals surface area contributed by atoms with Gasteiger partial charge in [0.25, 0.3) is 11.6 Å². The zero-order valence-corrected chi connectivity index (χ0v) is 15.6. The third kappa shape index (κ3) is 3.83. The van der Waals surface area contributed by atoms with Crippen LogP contribution in [0.5, 0.6) is 5.75 Å². The highest BCUT2D eigenvalue weighted by Crippen LogP contribution is 2.24. The Bertz CT molecular complexity index is 1030. The molecule has 9 nitrogen and oxygen atoms in total. The van der Waals surface area contributed by atoms with Crippen molar-refractivity contribution in [2.24, 2.45) is 0 Å². The van der Waals surface area contributed by atoms with Crippen LogP contribution in [-0.2, 0) is 6.54 Å². The second-order valence-electron chi connectivity index (χ2n) is 6.11. The van der Waals surface area contributed by atoms with Crippen molar-refractivity contribution < 1.29 is 19.0 Å². The number of aromatic nitrogens is 2. The number of benzene rings is 2. The normalized spacial score (nSPS) is 10.5. The molecule has 1 aromatic heterocycles. The summed E-state index contributed by atoms with van der Waals surface area (Å²) in [6.45, 7) is 1.62. The van der Waals surface area contributed by atoms with Gasteiger partial charge in [0, 0.05) is 29.8 Å². The van der Waals surface area contributed by atoms with Gasteiger partial charge in [-0.15, -0.1) is 0 Å². The van der Waals surface area contributed by atoms with Crippen molar-refractivity contribution in [3.05, 3.63) is 69.6 Å². The second-order valence-corrected chi connectivity index (χ2v) is 6.11. The lowest BCUT2D eigenvalue weighted by Gasteiger charge is -2.16. The number of amides is 1. The van der Waals surface area contributed by atoms with Crippen molar-refractivity contribution >= 4 is 11.6 Å². The number of rotatable bonds is 6. The van der Waals surface area contributed by atoms with Crippen LogP contribution < -0.4 is 4.74 Å².